The molecule has 0 aromatic heterocycles. The molecule has 0 saturated heterocycles. The third-order valence-corrected chi connectivity index (χ3v) is 1.40. The lowest BCUT2D eigenvalue weighted by molar-refractivity contribution is 1.64. The van der Waals surface area contributed by atoms with Gasteiger partial charge in [0.05, 0.1) is 0 Å². The Bertz CT molecular complexity index is 165. The molecule has 0 heterocycles. The maximum Gasteiger partial charge on any atom is 0.0314 e. The molecule has 1 aromatic carbocycles. The van der Waals surface area contributed by atoms with E-state index in [1.165, 1.54) is 0 Å². The van der Waals surface area contributed by atoms with Gasteiger partial charge < -0.3 is 5.73 Å². The summed E-state index contributed by atoms with van der Waals surface area (Å²) in [5.41, 5.74) is 6.21. The Kier molecular flexibility index (Phi) is 6.46. The Balaban J connectivity index is 0.000000292. The van der Waals surface area contributed by atoms with Crippen LogP contribution < -0.4 is 5.73 Å². The molecule has 0 radical (unpaired) electrons. The number of nitrogens with two attached hydrogens (primary N) is 1. The zero-order chi connectivity index (χ0) is 8.69. The molecular weight excluding hydrogens is 222 g/mol. The predicted molar refractivity (Wildman–Crippen MR) is 58.0 cm³/mol. The van der Waals surface area contributed by atoms with Crippen LogP contribution in [0.4, 0.5) is 5.69 Å². The Morgan fingerprint density at radius 3 is 1.82 bits per heavy atom. The smallest absolute Gasteiger partial charge is 0.0314 e. The van der Waals surface area contributed by atoms with Gasteiger partial charge in [0.2, 0.25) is 0 Å². The molecule has 0 spiro atoms. The first-order valence-corrected chi connectivity index (χ1v) is 5.54. The monoisotopic (exact) mass is 233 g/mol. The van der Waals surface area contributed by atoms with E-state index in [4.69, 9.17) is 5.73 Å². The first kappa shape index (κ1) is 10.8. The van der Waals surface area contributed by atoms with Crippen LogP contribution in [0.2, 0.25) is 0 Å². The molecule has 0 bridgehead atoms. The molecule has 0 unspecified atom stereocenters. The summed E-state index contributed by atoms with van der Waals surface area (Å²) >= 11 is 5.04. The van der Waals surface area contributed by atoms with Crippen molar-refractivity contribution in [2.45, 2.75) is 0 Å². The van der Waals surface area contributed by atoms with Gasteiger partial charge in [-0.2, -0.15) is 11.8 Å². The SMILES string of the molecule is CSC.Nc1ccc(Br)cc1. The van der Waals surface area contributed by atoms with Gasteiger partial charge in [-0.1, -0.05) is 15.9 Å². The molecule has 1 aromatic rings. The van der Waals surface area contributed by atoms with Crippen LogP contribution in [0.3, 0.4) is 0 Å². The fourth-order valence-corrected chi connectivity index (χ4v) is 0.727. The largest absolute Gasteiger partial charge is 0.399 e. The van der Waals surface area contributed by atoms with Crippen LogP contribution in [0.25, 0.3) is 0 Å². The van der Waals surface area contributed by atoms with E-state index < -0.39 is 0 Å². The molecule has 11 heavy (non-hydrogen) atoms. The number of rotatable bonds is 0. The van der Waals surface area contributed by atoms with Crippen molar-refractivity contribution in [1.29, 1.82) is 0 Å². The summed E-state index contributed by atoms with van der Waals surface area (Å²) in [5, 5.41) is 0. The summed E-state index contributed by atoms with van der Waals surface area (Å²) in [5.74, 6) is 0. The van der Waals surface area contributed by atoms with Gasteiger partial charge in [-0.05, 0) is 36.8 Å². The van der Waals surface area contributed by atoms with Gasteiger partial charge in [0.15, 0.2) is 0 Å². The molecule has 0 aliphatic rings. The maximum atomic E-state index is 5.41. The minimum absolute atomic E-state index is 0.799. The maximum absolute atomic E-state index is 5.41. The molecule has 2 N–H and O–H groups in total. The first-order chi connectivity index (χ1) is 5.20. The van der Waals surface area contributed by atoms with Crippen LogP contribution >= 0.6 is 27.7 Å². The van der Waals surface area contributed by atoms with Crippen LogP contribution in [0, 0.1) is 0 Å². The first-order valence-electron chi connectivity index (χ1n) is 3.12. The fourth-order valence-electron chi connectivity index (χ4n) is 0.463. The highest BCUT2D eigenvalue weighted by Crippen LogP contribution is 2.10. The van der Waals surface area contributed by atoms with Crippen LogP contribution in [-0.2, 0) is 0 Å². The molecule has 0 atom stereocenters. The summed E-state index contributed by atoms with van der Waals surface area (Å²) in [4.78, 5) is 0. The van der Waals surface area contributed by atoms with E-state index in [9.17, 15) is 0 Å². The second kappa shape index (κ2) is 6.55. The van der Waals surface area contributed by atoms with Gasteiger partial charge in [0.1, 0.15) is 0 Å². The van der Waals surface area contributed by atoms with Gasteiger partial charge in [0.25, 0.3) is 0 Å². The molecule has 62 valence electrons. The zero-order valence-electron chi connectivity index (χ0n) is 6.67. The normalized spacial score (nSPS) is 8.27. The minimum Gasteiger partial charge on any atom is -0.399 e. The topological polar surface area (TPSA) is 26.0 Å². The highest BCUT2D eigenvalue weighted by atomic mass is 79.9. The number of nitrogen functional groups attached to an aromatic ring is 1. The number of benzene rings is 1. The Hall–Kier alpha value is -0.150. The summed E-state index contributed by atoms with van der Waals surface area (Å²) in [7, 11) is 0. The van der Waals surface area contributed by atoms with E-state index in [-0.39, 0.29) is 0 Å². The molecule has 0 amide bonds. The standard InChI is InChI=1S/C6H6BrN.C2H6S/c7-5-1-3-6(8)4-2-5;1-3-2/h1-4H,8H2;1-2H3. The lowest BCUT2D eigenvalue weighted by Gasteiger charge is -1.88. The van der Waals surface area contributed by atoms with Gasteiger partial charge >= 0.3 is 0 Å². The fraction of sp³-hybridized carbons (Fsp3) is 0.250. The van der Waals surface area contributed by atoms with Gasteiger partial charge in [0, 0.05) is 10.2 Å². The van der Waals surface area contributed by atoms with Crippen molar-refractivity contribution in [2.24, 2.45) is 0 Å². The van der Waals surface area contributed by atoms with Crippen molar-refractivity contribution in [3.05, 3.63) is 28.7 Å². The number of hydrogen-bond donors (Lipinski definition) is 1. The Morgan fingerprint density at radius 2 is 1.55 bits per heavy atom. The highest BCUT2D eigenvalue weighted by Gasteiger charge is 1.81. The molecule has 3 heteroatoms. The van der Waals surface area contributed by atoms with E-state index in [0.29, 0.717) is 0 Å². The van der Waals surface area contributed by atoms with E-state index in [1.807, 2.05) is 36.8 Å². The highest BCUT2D eigenvalue weighted by molar-refractivity contribution is 9.10. The van der Waals surface area contributed by atoms with Crippen molar-refractivity contribution in [1.82, 2.24) is 0 Å². The van der Waals surface area contributed by atoms with Crippen molar-refractivity contribution in [3.8, 4) is 0 Å². The molecule has 0 aliphatic heterocycles. The number of anilines is 1. The predicted octanol–water partition coefficient (Wildman–Crippen LogP) is 3.01. The quantitative estimate of drug-likeness (QED) is 0.698. The van der Waals surface area contributed by atoms with Crippen LogP contribution in [0.15, 0.2) is 28.7 Å². The van der Waals surface area contributed by atoms with E-state index in [0.717, 1.165) is 10.2 Å². The van der Waals surface area contributed by atoms with Crippen LogP contribution in [0.1, 0.15) is 0 Å². The van der Waals surface area contributed by atoms with E-state index in [1.54, 1.807) is 11.8 Å². The summed E-state index contributed by atoms with van der Waals surface area (Å²) in [6, 6.07) is 7.53. The summed E-state index contributed by atoms with van der Waals surface area (Å²) < 4.78 is 1.06. The number of thioether (sulfide) groups is 1. The van der Waals surface area contributed by atoms with Crippen LogP contribution in [0.5, 0.6) is 0 Å². The molecule has 1 rings (SSSR count). The molecule has 0 saturated carbocycles. The Morgan fingerprint density at radius 1 is 1.18 bits per heavy atom. The number of halogens is 1. The third-order valence-electron chi connectivity index (χ3n) is 0.870. The minimum atomic E-state index is 0.799. The summed E-state index contributed by atoms with van der Waals surface area (Å²) in [6.45, 7) is 0. The van der Waals surface area contributed by atoms with Crippen molar-refractivity contribution < 1.29 is 0 Å². The Labute approximate surface area is 80.5 Å². The van der Waals surface area contributed by atoms with Gasteiger partial charge in [-0.15, -0.1) is 0 Å². The molecule has 0 fully saturated rings. The average molecular weight is 234 g/mol. The number of hydrogen-bond acceptors (Lipinski definition) is 2. The van der Waals surface area contributed by atoms with Gasteiger partial charge in [-0.25, -0.2) is 0 Å². The third kappa shape index (κ3) is 6.26. The molecular formula is C8H12BrNS. The second-order valence-corrected chi connectivity index (χ2v) is 3.69. The summed E-state index contributed by atoms with van der Waals surface area (Å²) in [6.07, 6.45) is 4.08. The van der Waals surface area contributed by atoms with Crippen molar-refractivity contribution >= 4 is 33.4 Å². The second-order valence-electron chi connectivity index (χ2n) is 1.96. The lowest BCUT2D eigenvalue weighted by Crippen LogP contribution is -1.80. The molecule has 1 nitrogen and oxygen atoms in total. The average Bonchev–Trinajstić information content (AvgIpc) is 1.97. The van der Waals surface area contributed by atoms with Crippen molar-refractivity contribution in [3.63, 3.8) is 0 Å². The van der Waals surface area contributed by atoms with Gasteiger partial charge in [-0.3, -0.25) is 0 Å². The molecule has 0 aliphatic carbocycles. The van der Waals surface area contributed by atoms with E-state index in [2.05, 4.69) is 15.9 Å². The zero-order valence-corrected chi connectivity index (χ0v) is 9.08. The van der Waals surface area contributed by atoms with E-state index >= 15 is 0 Å². The lowest BCUT2D eigenvalue weighted by atomic mass is 10.3. The van der Waals surface area contributed by atoms with Crippen LogP contribution in [-0.4, -0.2) is 12.5 Å². The van der Waals surface area contributed by atoms with Crippen molar-refractivity contribution in [2.75, 3.05) is 18.2 Å².